The molecule has 0 fully saturated rings. The van der Waals surface area contributed by atoms with Gasteiger partial charge in [-0.3, -0.25) is 0 Å². The Morgan fingerprint density at radius 3 is 2.43 bits per heavy atom. The van der Waals surface area contributed by atoms with Crippen LogP contribution >= 0.6 is 22.6 Å². The minimum Gasteiger partial charge on any atom is -0.102 e. The maximum absolute atomic E-state index is 2.44. The van der Waals surface area contributed by atoms with E-state index in [0.717, 1.165) is 0 Å². The molecule has 7 heavy (non-hydrogen) atoms. The summed E-state index contributed by atoms with van der Waals surface area (Å²) in [5, 5.41) is 0. The van der Waals surface area contributed by atoms with E-state index in [1.807, 2.05) is 0 Å². The molecule has 0 radical (unpaired) electrons. The van der Waals surface area contributed by atoms with E-state index in [1.54, 1.807) is 0 Å². The molecule has 2 heteroatoms. The topological polar surface area (TPSA) is 0 Å². The van der Waals surface area contributed by atoms with Gasteiger partial charge in [-0.15, -0.1) is 5.70 Å². The predicted molar refractivity (Wildman–Crippen MR) is 46.9 cm³/mol. The van der Waals surface area contributed by atoms with Gasteiger partial charge in [0.2, 0.25) is 0 Å². The van der Waals surface area contributed by atoms with Crippen molar-refractivity contribution < 1.29 is 0 Å². The summed E-state index contributed by atoms with van der Waals surface area (Å²) in [5.41, 5.74) is 3.88. The van der Waals surface area contributed by atoms with Crippen LogP contribution in [-0.2, 0) is 0 Å². The molecular weight excluding hydrogens is 215 g/mol. The Hall–Kier alpha value is 0.687. The van der Waals surface area contributed by atoms with Crippen LogP contribution in [0.5, 0.6) is 0 Å². The molecule has 0 aromatic rings. The van der Waals surface area contributed by atoms with Crippen molar-refractivity contribution in [2.24, 2.45) is 0 Å². The highest BCUT2D eigenvalue weighted by molar-refractivity contribution is 14.1. The molecular formula is C5H11ISi. The summed E-state index contributed by atoms with van der Waals surface area (Å²) in [6, 6.07) is 0. The highest BCUT2D eigenvalue weighted by Gasteiger charge is 1.75. The van der Waals surface area contributed by atoms with Gasteiger partial charge in [0.1, 0.15) is 0 Å². The Kier molecular flexibility index (Phi) is 5.31. The molecule has 0 heterocycles. The molecule has 0 saturated heterocycles. The van der Waals surface area contributed by atoms with Crippen LogP contribution in [0, 0.1) is 0 Å². The van der Waals surface area contributed by atoms with E-state index in [0.29, 0.717) is 0 Å². The molecule has 0 saturated carbocycles. The number of hydrogen-bond acceptors (Lipinski definition) is 0. The molecule has 0 amide bonds. The minimum absolute atomic E-state index is 0.199. The second-order valence-corrected chi connectivity index (χ2v) is 6.36. The van der Waals surface area contributed by atoms with Gasteiger partial charge >= 0.3 is 0 Å². The van der Waals surface area contributed by atoms with Crippen molar-refractivity contribution in [3.8, 4) is 0 Å². The maximum atomic E-state index is 2.44. The first-order chi connectivity index (χ1) is 3.27. The molecule has 42 valence electrons. The molecule has 0 bridgehead atoms. The number of alkyl halides is 1. The first kappa shape index (κ1) is 7.69. The van der Waals surface area contributed by atoms with Gasteiger partial charge in [0.15, 0.2) is 0 Å². The van der Waals surface area contributed by atoms with Crippen molar-refractivity contribution >= 4 is 32.1 Å². The van der Waals surface area contributed by atoms with Crippen LogP contribution in [0.4, 0.5) is 0 Å². The van der Waals surface area contributed by atoms with E-state index in [1.165, 1.54) is 9.62 Å². The highest BCUT2D eigenvalue weighted by Crippen LogP contribution is 1.86. The zero-order valence-corrected chi connectivity index (χ0v) is 8.44. The van der Waals surface area contributed by atoms with Gasteiger partial charge in [0, 0.05) is 0 Å². The van der Waals surface area contributed by atoms with Crippen molar-refractivity contribution in [3.05, 3.63) is 11.3 Å². The van der Waals surface area contributed by atoms with Gasteiger partial charge in [-0.1, -0.05) is 28.2 Å². The van der Waals surface area contributed by atoms with Crippen LogP contribution in [-0.4, -0.2) is 13.6 Å². The average molecular weight is 226 g/mol. The van der Waals surface area contributed by atoms with Gasteiger partial charge in [-0.25, -0.2) is 0 Å². The second-order valence-electron chi connectivity index (χ2n) is 1.76. The third-order valence-corrected chi connectivity index (χ3v) is 3.85. The molecule has 0 aliphatic heterocycles. The number of rotatable bonds is 2. The van der Waals surface area contributed by atoms with Crippen molar-refractivity contribution in [3.63, 3.8) is 0 Å². The van der Waals surface area contributed by atoms with Crippen LogP contribution in [0.2, 0.25) is 0 Å². The summed E-state index contributed by atoms with van der Waals surface area (Å²) in [4.78, 5) is 0. The molecule has 0 aromatic heterocycles. The maximum Gasteiger partial charge on any atom is 0.0559 e. The van der Waals surface area contributed by atoms with E-state index in [-0.39, 0.29) is 9.52 Å². The largest absolute Gasteiger partial charge is 0.102 e. The Labute approximate surface area is 61.3 Å². The summed E-state index contributed by atoms with van der Waals surface area (Å²) in [7, 11) is 0.199. The number of hydrogen-bond donors (Lipinski definition) is 0. The standard InChI is InChI=1S/C5H11ISi/c1-5(2)3-7-4-6/h3H,4,7H2,1-2H3. The smallest absolute Gasteiger partial charge is 0.0559 e. The van der Waals surface area contributed by atoms with E-state index < -0.39 is 0 Å². The van der Waals surface area contributed by atoms with Crippen LogP contribution in [0.1, 0.15) is 13.8 Å². The van der Waals surface area contributed by atoms with Crippen LogP contribution in [0.3, 0.4) is 0 Å². The fourth-order valence-electron chi connectivity index (χ4n) is 0.343. The Morgan fingerprint density at radius 1 is 1.71 bits per heavy atom. The third kappa shape index (κ3) is 6.69. The van der Waals surface area contributed by atoms with Crippen molar-refractivity contribution in [2.75, 3.05) is 4.05 Å². The average Bonchev–Trinajstić information content (AvgIpc) is 1.61. The van der Waals surface area contributed by atoms with E-state index >= 15 is 0 Å². The zero-order valence-electron chi connectivity index (χ0n) is 4.87. The Morgan fingerprint density at radius 2 is 2.29 bits per heavy atom. The quantitative estimate of drug-likeness (QED) is 0.380. The second kappa shape index (κ2) is 4.84. The molecule has 0 atom stereocenters. The summed E-state index contributed by atoms with van der Waals surface area (Å²) in [6.07, 6.45) is 0. The fourth-order valence-corrected chi connectivity index (χ4v) is 1.96. The van der Waals surface area contributed by atoms with Gasteiger partial charge in [0.05, 0.1) is 9.52 Å². The lowest BCUT2D eigenvalue weighted by Crippen LogP contribution is -1.84. The monoisotopic (exact) mass is 226 g/mol. The summed E-state index contributed by atoms with van der Waals surface area (Å²) in [6.45, 7) is 4.33. The van der Waals surface area contributed by atoms with E-state index in [9.17, 15) is 0 Å². The molecule has 0 aliphatic rings. The van der Waals surface area contributed by atoms with Crippen molar-refractivity contribution in [2.45, 2.75) is 13.8 Å². The number of allylic oxidation sites excluding steroid dienone is 1. The SMILES string of the molecule is CC(C)=C[SiH2]CI. The van der Waals surface area contributed by atoms with Gasteiger partial charge < -0.3 is 0 Å². The lowest BCUT2D eigenvalue weighted by Gasteiger charge is -1.83. The van der Waals surface area contributed by atoms with Crippen molar-refractivity contribution in [1.29, 1.82) is 0 Å². The van der Waals surface area contributed by atoms with Gasteiger partial charge in [0.25, 0.3) is 0 Å². The molecule has 0 rings (SSSR count). The normalized spacial score (nSPS) is 10.1. The Balaban J connectivity index is 3.08. The van der Waals surface area contributed by atoms with Crippen molar-refractivity contribution in [1.82, 2.24) is 0 Å². The molecule has 0 aliphatic carbocycles. The summed E-state index contributed by atoms with van der Waals surface area (Å²) >= 11 is 2.44. The van der Waals surface area contributed by atoms with Crippen LogP contribution in [0.15, 0.2) is 11.3 Å². The van der Waals surface area contributed by atoms with Crippen LogP contribution in [0.25, 0.3) is 0 Å². The fraction of sp³-hybridized carbons (Fsp3) is 0.600. The van der Waals surface area contributed by atoms with Crippen LogP contribution < -0.4 is 0 Å². The Bertz CT molecular complexity index is 64.5. The minimum atomic E-state index is 0.199. The summed E-state index contributed by atoms with van der Waals surface area (Å²) in [5.74, 6) is 0. The molecule has 0 spiro atoms. The first-order valence-corrected chi connectivity index (χ1v) is 5.81. The highest BCUT2D eigenvalue weighted by atomic mass is 127. The van der Waals surface area contributed by atoms with E-state index in [2.05, 4.69) is 42.1 Å². The lowest BCUT2D eigenvalue weighted by molar-refractivity contribution is 1.41. The third-order valence-electron chi connectivity index (χ3n) is 0.662. The van der Waals surface area contributed by atoms with Gasteiger partial charge in [-0.05, 0) is 17.9 Å². The lowest BCUT2D eigenvalue weighted by atomic mass is 10.4. The first-order valence-electron chi connectivity index (χ1n) is 2.46. The molecule has 0 unspecified atom stereocenters. The predicted octanol–water partition coefficient (Wildman–Crippen LogP) is 1.47. The summed E-state index contributed by atoms with van der Waals surface area (Å²) < 4.78 is 1.38. The molecule has 0 aromatic carbocycles. The van der Waals surface area contributed by atoms with Gasteiger partial charge in [-0.2, -0.15) is 0 Å². The molecule has 0 N–H and O–H groups in total. The number of halogens is 1. The molecule has 0 nitrogen and oxygen atoms in total. The zero-order chi connectivity index (χ0) is 5.70. The van der Waals surface area contributed by atoms with E-state index in [4.69, 9.17) is 0 Å².